The molecule has 0 spiro atoms. The van der Waals surface area contributed by atoms with Crippen LogP contribution in [0.5, 0.6) is 0 Å². The first-order chi connectivity index (χ1) is 8.16. The van der Waals surface area contributed by atoms with Crippen molar-refractivity contribution in [3.8, 4) is 5.69 Å². The Kier molecular flexibility index (Phi) is 3.25. The van der Waals surface area contributed by atoms with E-state index in [0.29, 0.717) is 5.02 Å². The number of carboxylic acid groups (broad SMARTS) is 1. The Labute approximate surface area is 103 Å². The van der Waals surface area contributed by atoms with Gasteiger partial charge in [-0.15, -0.1) is 0 Å². The number of nitrogens with zero attached hydrogens (tertiary/aromatic N) is 2. The van der Waals surface area contributed by atoms with Crippen molar-refractivity contribution in [2.75, 3.05) is 0 Å². The van der Waals surface area contributed by atoms with Crippen LogP contribution in [-0.4, -0.2) is 20.6 Å². The number of carbonyl (C=O) groups is 1. The number of hydrogen-bond acceptors (Lipinski definition) is 2. The Morgan fingerprint density at radius 2 is 2.29 bits per heavy atom. The molecule has 0 bridgehead atoms. The van der Waals surface area contributed by atoms with Gasteiger partial charge in [-0.25, -0.2) is 9.78 Å². The van der Waals surface area contributed by atoms with Gasteiger partial charge in [-0.1, -0.05) is 17.7 Å². The molecule has 0 saturated carbocycles. The molecular formula is C12H9ClN2O2. The third-order valence-corrected chi connectivity index (χ3v) is 2.42. The van der Waals surface area contributed by atoms with Crippen LogP contribution in [0.3, 0.4) is 0 Å². The quantitative estimate of drug-likeness (QED) is 0.850. The summed E-state index contributed by atoms with van der Waals surface area (Å²) in [6.45, 7) is 0. The van der Waals surface area contributed by atoms with E-state index in [1.54, 1.807) is 41.5 Å². The summed E-state index contributed by atoms with van der Waals surface area (Å²) < 4.78 is 1.77. The van der Waals surface area contributed by atoms with E-state index in [2.05, 4.69) is 4.98 Å². The van der Waals surface area contributed by atoms with Crippen LogP contribution < -0.4 is 0 Å². The van der Waals surface area contributed by atoms with E-state index in [4.69, 9.17) is 16.7 Å². The van der Waals surface area contributed by atoms with Crippen molar-refractivity contribution in [3.63, 3.8) is 0 Å². The predicted octanol–water partition coefficient (Wildman–Crippen LogP) is 2.62. The van der Waals surface area contributed by atoms with Crippen molar-refractivity contribution in [2.24, 2.45) is 0 Å². The Bertz CT molecular complexity index is 562. The average molecular weight is 249 g/mol. The van der Waals surface area contributed by atoms with Crippen molar-refractivity contribution in [1.29, 1.82) is 0 Å². The van der Waals surface area contributed by atoms with Gasteiger partial charge in [-0.3, -0.25) is 0 Å². The summed E-state index contributed by atoms with van der Waals surface area (Å²) in [6, 6.07) is 5.23. The van der Waals surface area contributed by atoms with E-state index in [-0.39, 0.29) is 0 Å². The maximum absolute atomic E-state index is 10.5. The summed E-state index contributed by atoms with van der Waals surface area (Å²) in [6.07, 6.45) is 7.65. The first kappa shape index (κ1) is 11.4. The number of rotatable bonds is 3. The Morgan fingerprint density at radius 1 is 1.47 bits per heavy atom. The number of aliphatic carboxylic acids is 1. The molecule has 0 amide bonds. The third-order valence-electron chi connectivity index (χ3n) is 2.18. The lowest BCUT2D eigenvalue weighted by molar-refractivity contribution is -0.131. The number of carboxylic acids is 1. The minimum atomic E-state index is -0.989. The lowest BCUT2D eigenvalue weighted by Crippen LogP contribution is -1.94. The number of imidazole rings is 1. The van der Waals surface area contributed by atoms with E-state index >= 15 is 0 Å². The van der Waals surface area contributed by atoms with Gasteiger partial charge in [-0.05, 0) is 23.8 Å². The minimum absolute atomic E-state index is 0.584. The molecular weight excluding hydrogens is 240 g/mol. The van der Waals surface area contributed by atoms with Crippen molar-refractivity contribution < 1.29 is 9.90 Å². The van der Waals surface area contributed by atoms with Crippen LogP contribution in [0, 0.1) is 0 Å². The van der Waals surface area contributed by atoms with Crippen LogP contribution >= 0.6 is 11.6 Å². The minimum Gasteiger partial charge on any atom is -0.478 e. The molecule has 4 nitrogen and oxygen atoms in total. The van der Waals surface area contributed by atoms with Gasteiger partial charge >= 0.3 is 5.97 Å². The number of aromatic nitrogens is 2. The van der Waals surface area contributed by atoms with E-state index < -0.39 is 5.97 Å². The molecule has 0 aliphatic carbocycles. The third kappa shape index (κ3) is 2.73. The highest BCUT2D eigenvalue weighted by atomic mass is 35.5. The molecule has 0 aliphatic rings. The second-order valence-electron chi connectivity index (χ2n) is 3.34. The van der Waals surface area contributed by atoms with Gasteiger partial charge in [0.05, 0.1) is 12.0 Å². The smallest absolute Gasteiger partial charge is 0.328 e. The molecule has 1 N–H and O–H groups in total. The number of hydrogen-bond donors (Lipinski definition) is 1. The van der Waals surface area contributed by atoms with Crippen LogP contribution in [0.25, 0.3) is 11.8 Å². The number of benzene rings is 1. The van der Waals surface area contributed by atoms with E-state index in [1.165, 1.54) is 6.08 Å². The zero-order valence-corrected chi connectivity index (χ0v) is 9.50. The predicted molar refractivity (Wildman–Crippen MR) is 65.2 cm³/mol. The van der Waals surface area contributed by atoms with Crippen molar-refractivity contribution >= 4 is 23.6 Å². The molecule has 17 heavy (non-hydrogen) atoms. The van der Waals surface area contributed by atoms with Crippen LogP contribution in [-0.2, 0) is 4.79 Å². The molecule has 1 aromatic carbocycles. The first-order valence-corrected chi connectivity index (χ1v) is 5.23. The summed E-state index contributed by atoms with van der Waals surface area (Å²) in [7, 11) is 0. The van der Waals surface area contributed by atoms with Gasteiger partial charge in [-0.2, -0.15) is 0 Å². The molecule has 0 fully saturated rings. The Morgan fingerprint density at radius 3 is 2.94 bits per heavy atom. The lowest BCUT2D eigenvalue weighted by atomic mass is 10.1. The van der Waals surface area contributed by atoms with Gasteiger partial charge < -0.3 is 9.67 Å². The fraction of sp³-hybridized carbons (Fsp3) is 0. The Hall–Kier alpha value is -2.07. The summed E-state index contributed by atoms with van der Waals surface area (Å²) in [4.78, 5) is 14.4. The molecule has 0 saturated heterocycles. The summed E-state index contributed by atoms with van der Waals surface area (Å²) in [5, 5.41) is 9.20. The van der Waals surface area contributed by atoms with Gasteiger partial charge in [0.1, 0.15) is 0 Å². The lowest BCUT2D eigenvalue weighted by Gasteiger charge is -2.07. The summed E-state index contributed by atoms with van der Waals surface area (Å²) in [5.41, 5.74) is 1.54. The molecule has 0 unspecified atom stereocenters. The number of halogens is 1. The van der Waals surface area contributed by atoms with E-state index in [1.807, 2.05) is 0 Å². The highest BCUT2D eigenvalue weighted by molar-refractivity contribution is 6.30. The van der Waals surface area contributed by atoms with Gasteiger partial charge in [0.25, 0.3) is 0 Å². The van der Waals surface area contributed by atoms with Crippen LogP contribution in [0.2, 0.25) is 5.02 Å². The largest absolute Gasteiger partial charge is 0.478 e. The molecule has 2 aromatic rings. The second-order valence-corrected chi connectivity index (χ2v) is 3.78. The molecule has 0 radical (unpaired) electrons. The SMILES string of the molecule is O=C(O)/C=C/c1ccc(Cl)cc1-n1ccnc1. The summed E-state index contributed by atoms with van der Waals surface area (Å²) >= 11 is 5.92. The molecule has 0 atom stereocenters. The highest BCUT2D eigenvalue weighted by Gasteiger charge is 2.03. The molecule has 0 aliphatic heterocycles. The standard InChI is InChI=1S/C12H9ClN2O2/c13-10-3-1-9(2-4-12(16)17)11(7-10)15-6-5-14-8-15/h1-8H,(H,16,17)/b4-2+. The Balaban J connectivity index is 2.49. The van der Waals surface area contributed by atoms with Gasteiger partial charge in [0, 0.05) is 23.5 Å². The highest BCUT2D eigenvalue weighted by Crippen LogP contribution is 2.21. The monoisotopic (exact) mass is 248 g/mol. The van der Waals surface area contributed by atoms with E-state index in [9.17, 15) is 4.79 Å². The second kappa shape index (κ2) is 4.84. The maximum Gasteiger partial charge on any atom is 0.328 e. The van der Waals surface area contributed by atoms with Gasteiger partial charge in [0.2, 0.25) is 0 Å². The molecule has 5 heteroatoms. The summed E-state index contributed by atoms with van der Waals surface area (Å²) in [5.74, 6) is -0.989. The average Bonchev–Trinajstić information content (AvgIpc) is 2.80. The van der Waals surface area contributed by atoms with Crippen LogP contribution in [0.15, 0.2) is 43.0 Å². The van der Waals surface area contributed by atoms with Crippen molar-refractivity contribution in [3.05, 3.63) is 53.6 Å². The fourth-order valence-electron chi connectivity index (χ4n) is 1.44. The van der Waals surface area contributed by atoms with E-state index in [0.717, 1.165) is 17.3 Å². The molecule has 2 rings (SSSR count). The van der Waals surface area contributed by atoms with Crippen LogP contribution in [0.1, 0.15) is 5.56 Å². The van der Waals surface area contributed by atoms with Gasteiger partial charge in [0.15, 0.2) is 0 Å². The zero-order chi connectivity index (χ0) is 12.3. The molecule has 1 aromatic heterocycles. The fourth-order valence-corrected chi connectivity index (χ4v) is 1.61. The normalized spacial score (nSPS) is 10.9. The topological polar surface area (TPSA) is 55.1 Å². The van der Waals surface area contributed by atoms with Crippen molar-refractivity contribution in [1.82, 2.24) is 9.55 Å². The zero-order valence-electron chi connectivity index (χ0n) is 8.75. The molecule has 86 valence electrons. The maximum atomic E-state index is 10.5. The first-order valence-electron chi connectivity index (χ1n) is 4.86. The van der Waals surface area contributed by atoms with Crippen LogP contribution in [0.4, 0.5) is 0 Å². The molecule has 1 heterocycles. The van der Waals surface area contributed by atoms with Crippen molar-refractivity contribution in [2.45, 2.75) is 0 Å².